The molecule has 0 spiro atoms. The third kappa shape index (κ3) is 2.85. The fourth-order valence-corrected chi connectivity index (χ4v) is 3.34. The molecule has 104 valence electrons. The van der Waals surface area contributed by atoms with E-state index in [0.29, 0.717) is 12.1 Å². The van der Waals surface area contributed by atoms with Crippen LogP contribution in [-0.2, 0) is 11.2 Å². The topological polar surface area (TPSA) is 21.3 Å². The van der Waals surface area contributed by atoms with Crippen LogP contribution in [0.5, 0.6) is 0 Å². The first-order chi connectivity index (χ1) is 9.38. The van der Waals surface area contributed by atoms with Crippen molar-refractivity contribution in [1.82, 2.24) is 5.32 Å². The fraction of sp³-hybridized carbons (Fsp3) is 0.647. The predicted octanol–water partition coefficient (Wildman–Crippen LogP) is 3.47. The van der Waals surface area contributed by atoms with Crippen LogP contribution in [0, 0.1) is 5.92 Å². The maximum absolute atomic E-state index is 6.19. The molecule has 2 aliphatic rings. The second-order valence-electron chi connectivity index (χ2n) is 5.93. The lowest BCUT2D eigenvalue weighted by atomic mass is 9.83. The zero-order chi connectivity index (χ0) is 13.1. The molecule has 2 aliphatic carbocycles. The van der Waals surface area contributed by atoms with Gasteiger partial charge in [0.25, 0.3) is 0 Å². The second-order valence-corrected chi connectivity index (χ2v) is 5.93. The van der Waals surface area contributed by atoms with Crippen LogP contribution in [0.1, 0.15) is 49.8 Å². The van der Waals surface area contributed by atoms with Gasteiger partial charge in [0.2, 0.25) is 0 Å². The molecule has 1 N–H and O–H groups in total. The first-order valence-corrected chi connectivity index (χ1v) is 7.81. The fourth-order valence-electron chi connectivity index (χ4n) is 3.34. The smallest absolute Gasteiger partial charge is 0.0810 e. The average Bonchev–Trinajstić information content (AvgIpc) is 2.72. The number of likely N-dealkylation sites (N-methyl/N-ethyl adjacent to an activating group) is 1. The Hall–Kier alpha value is -0.860. The Morgan fingerprint density at radius 1 is 1.26 bits per heavy atom. The molecule has 2 nitrogen and oxygen atoms in total. The van der Waals surface area contributed by atoms with Crippen molar-refractivity contribution in [1.29, 1.82) is 0 Å². The normalized spacial score (nSPS) is 26.2. The van der Waals surface area contributed by atoms with Crippen molar-refractivity contribution in [3.05, 3.63) is 35.4 Å². The Labute approximate surface area is 116 Å². The van der Waals surface area contributed by atoms with Crippen molar-refractivity contribution in [3.63, 3.8) is 0 Å². The van der Waals surface area contributed by atoms with E-state index < -0.39 is 0 Å². The van der Waals surface area contributed by atoms with Gasteiger partial charge in [0.15, 0.2) is 0 Å². The third-order valence-corrected chi connectivity index (χ3v) is 4.69. The SMILES string of the molecule is CCNC1c2ccccc2CC1OCCC1CCC1. The van der Waals surface area contributed by atoms with Gasteiger partial charge in [-0.1, -0.05) is 50.5 Å². The molecule has 2 atom stereocenters. The lowest BCUT2D eigenvalue weighted by Crippen LogP contribution is -2.31. The van der Waals surface area contributed by atoms with Crippen LogP contribution in [0.4, 0.5) is 0 Å². The van der Waals surface area contributed by atoms with Gasteiger partial charge in [0.05, 0.1) is 12.1 Å². The van der Waals surface area contributed by atoms with Crippen LogP contribution >= 0.6 is 0 Å². The lowest BCUT2D eigenvalue weighted by molar-refractivity contribution is 0.0221. The van der Waals surface area contributed by atoms with Crippen LogP contribution < -0.4 is 5.32 Å². The highest BCUT2D eigenvalue weighted by atomic mass is 16.5. The van der Waals surface area contributed by atoms with Gasteiger partial charge in [0.1, 0.15) is 0 Å². The summed E-state index contributed by atoms with van der Waals surface area (Å²) >= 11 is 0. The van der Waals surface area contributed by atoms with Crippen molar-refractivity contribution < 1.29 is 4.74 Å². The molecule has 0 heterocycles. The molecule has 3 rings (SSSR count). The molecule has 0 amide bonds. The lowest BCUT2D eigenvalue weighted by Gasteiger charge is -2.27. The van der Waals surface area contributed by atoms with Gasteiger partial charge in [-0.2, -0.15) is 0 Å². The number of hydrogen-bond donors (Lipinski definition) is 1. The first kappa shape index (κ1) is 13.1. The predicted molar refractivity (Wildman–Crippen MR) is 78.3 cm³/mol. The van der Waals surface area contributed by atoms with Gasteiger partial charge in [0, 0.05) is 13.0 Å². The molecule has 1 saturated carbocycles. The Morgan fingerprint density at radius 3 is 2.84 bits per heavy atom. The third-order valence-electron chi connectivity index (χ3n) is 4.69. The molecule has 1 fully saturated rings. The number of fused-ring (bicyclic) bond motifs is 1. The van der Waals surface area contributed by atoms with E-state index in [1.54, 1.807) is 0 Å². The average molecular weight is 259 g/mol. The Kier molecular flexibility index (Phi) is 4.19. The van der Waals surface area contributed by atoms with Crippen LogP contribution in [0.25, 0.3) is 0 Å². The number of rotatable bonds is 6. The largest absolute Gasteiger partial charge is 0.376 e. The minimum atomic E-state index is 0.331. The summed E-state index contributed by atoms with van der Waals surface area (Å²) < 4.78 is 6.19. The van der Waals surface area contributed by atoms with Crippen molar-refractivity contribution in [3.8, 4) is 0 Å². The van der Waals surface area contributed by atoms with Crippen LogP contribution in [-0.4, -0.2) is 19.3 Å². The Balaban J connectivity index is 1.58. The summed E-state index contributed by atoms with van der Waals surface area (Å²) in [5, 5.41) is 3.59. The molecule has 0 bridgehead atoms. The second kappa shape index (κ2) is 6.06. The van der Waals surface area contributed by atoms with E-state index in [1.165, 1.54) is 36.8 Å². The van der Waals surface area contributed by atoms with E-state index in [0.717, 1.165) is 25.5 Å². The van der Waals surface area contributed by atoms with Crippen molar-refractivity contribution in [2.75, 3.05) is 13.2 Å². The van der Waals surface area contributed by atoms with E-state index in [4.69, 9.17) is 4.74 Å². The van der Waals surface area contributed by atoms with Gasteiger partial charge in [-0.25, -0.2) is 0 Å². The summed E-state index contributed by atoms with van der Waals surface area (Å²) in [6.45, 7) is 4.11. The van der Waals surface area contributed by atoms with Crippen molar-refractivity contribution in [2.45, 2.75) is 51.2 Å². The number of hydrogen-bond acceptors (Lipinski definition) is 2. The Morgan fingerprint density at radius 2 is 2.11 bits per heavy atom. The summed E-state index contributed by atoms with van der Waals surface area (Å²) in [5.74, 6) is 0.946. The van der Waals surface area contributed by atoms with Crippen LogP contribution in [0.15, 0.2) is 24.3 Å². The summed E-state index contributed by atoms with van der Waals surface area (Å²) in [6.07, 6.45) is 6.93. The maximum Gasteiger partial charge on any atom is 0.0810 e. The van der Waals surface area contributed by atoms with Crippen LogP contribution in [0.3, 0.4) is 0 Å². The van der Waals surface area contributed by atoms with Gasteiger partial charge >= 0.3 is 0 Å². The number of ether oxygens (including phenoxy) is 1. The molecule has 19 heavy (non-hydrogen) atoms. The van der Waals surface area contributed by atoms with Gasteiger partial charge < -0.3 is 10.1 Å². The van der Waals surface area contributed by atoms with E-state index in [9.17, 15) is 0 Å². The molecule has 0 aliphatic heterocycles. The molecule has 0 radical (unpaired) electrons. The maximum atomic E-state index is 6.19. The van der Waals surface area contributed by atoms with E-state index in [1.807, 2.05) is 0 Å². The molecular formula is C17H25NO. The standard InChI is InChI=1S/C17H25NO/c1-2-18-17-15-9-4-3-8-14(15)12-16(17)19-11-10-13-6-5-7-13/h3-4,8-9,13,16-18H,2,5-7,10-12H2,1H3. The van der Waals surface area contributed by atoms with Gasteiger partial charge in [-0.3, -0.25) is 0 Å². The molecule has 2 heteroatoms. The van der Waals surface area contributed by atoms with Crippen molar-refractivity contribution in [2.24, 2.45) is 5.92 Å². The minimum Gasteiger partial charge on any atom is -0.376 e. The summed E-state index contributed by atoms with van der Waals surface area (Å²) in [4.78, 5) is 0. The summed E-state index contributed by atoms with van der Waals surface area (Å²) in [6, 6.07) is 9.16. The highest BCUT2D eigenvalue weighted by molar-refractivity contribution is 5.36. The molecule has 0 aromatic heterocycles. The molecule has 2 unspecified atom stereocenters. The number of benzene rings is 1. The molecule has 0 saturated heterocycles. The van der Waals surface area contributed by atoms with Gasteiger partial charge in [-0.05, 0) is 30.0 Å². The number of nitrogens with one attached hydrogen (secondary N) is 1. The minimum absolute atomic E-state index is 0.331. The van der Waals surface area contributed by atoms with Crippen molar-refractivity contribution >= 4 is 0 Å². The highest BCUT2D eigenvalue weighted by Crippen LogP contribution is 2.34. The van der Waals surface area contributed by atoms with E-state index in [-0.39, 0.29) is 0 Å². The quantitative estimate of drug-likeness (QED) is 0.844. The Bertz CT molecular complexity index is 413. The summed E-state index contributed by atoms with van der Waals surface area (Å²) in [7, 11) is 0. The highest BCUT2D eigenvalue weighted by Gasteiger charge is 2.32. The molecule has 1 aromatic rings. The van der Waals surface area contributed by atoms with Crippen LogP contribution in [0.2, 0.25) is 0 Å². The summed E-state index contributed by atoms with van der Waals surface area (Å²) in [5.41, 5.74) is 2.90. The zero-order valence-electron chi connectivity index (χ0n) is 11.9. The van der Waals surface area contributed by atoms with E-state index >= 15 is 0 Å². The molecule has 1 aromatic carbocycles. The monoisotopic (exact) mass is 259 g/mol. The zero-order valence-corrected chi connectivity index (χ0v) is 11.9. The van der Waals surface area contributed by atoms with E-state index in [2.05, 4.69) is 36.5 Å². The first-order valence-electron chi connectivity index (χ1n) is 7.81. The molecular weight excluding hydrogens is 234 g/mol. The van der Waals surface area contributed by atoms with Gasteiger partial charge in [-0.15, -0.1) is 0 Å².